The van der Waals surface area contributed by atoms with Crippen LogP contribution in [0, 0.1) is 6.92 Å². The number of hydrogen-bond donors (Lipinski definition) is 2. The molecule has 0 spiro atoms. The number of esters is 1. The van der Waals surface area contributed by atoms with Crippen LogP contribution >= 0.6 is 24.0 Å². The molecule has 136 valence electrons. The normalized spacial score (nSPS) is 11.6. The molecule has 1 aromatic rings. The molecule has 3 N–H and O–H groups in total. The van der Waals surface area contributed by atoms with E-state index in [-0.39, 0.29) is 29.9 Å². The fourth-order valence-electron chi connectivity index (χ4n) is 2.06. The third-order valence-electron chi connectivity index (χ3n) is 3.03. The quantitative estimate of drug-likeness (QED) is 0.216. The van der Waals surface area contributed by atoms with E-state index in [4.69, 9.17) is 10.5 Å². The van der Waals surface area contributed by atoms with E-state index in [1.54, 1.807) is 0 Å². The molecule has 0 bridgehead atoms. The van der Waals surface area contributed by atoms with E-state index in [0.29, 0.717) is 18.9 Å². The molecule has 0 aromatic heterocycles. The van der Waals surface area contributed by atoms with E-state index >= 15 is 0 Å². The number of guanidine groups is 1. The highest BCUT2D eigenvalue weighted by Crippen LogP contribution is 2.11. The van der Waals surface area contributed by atoms with Gasteiger partial charge >= 0.3 is 5.97 Å². The number of halogens is 1. The van der Waals surface area contributed by atoms with Crippen LogP contribution in [0.15, 0.2) is 29.3 Å². The van der Waals surface area contributed by atoms with Gasteiger partial charge in [-0.3, -0.25) is 9.79 Å². The number of nitrogens with one attached hydrogen (secondary N) is 1. The van der Waals surface area contributed by atoms with E-state index in [9.17, 15) is 4.79 Å². The van der Waals surface area contributed by atoms with Crippen LogP contribution in [0.2, 0.25) is 0 Å². The van der Waals surface area contributed by atoms with Gasteiger partial charge in [-0.15, -0.1) is 24.0 Å². The second-order valence-corrected chi connectivity index (χ2v) is 6.66. The Morgan fingerprint density at radius 1 is 1.25 bits per heavy atom. The number of aliphatic imine (C=N–C) groups is 1. The maximum absolute atomic E-state index is 11.6. The summed E-state index contributed by atoms with van der Waals surface area (Å²) in [6.07, 6.45) is 3.10. The highest BCUT2D eigenvalue weighted by Gasteiger charge is 2.15. The molecule has 5 nitrogen and oxygen atoms in total. The summed E-state index contributed by atoms with van der Waals surface area (Å²) in [6, 6.07) is 7.98. The molecule has 0 fully saturated rings. The van der Waals surface area contributed by atoms with Crippen molar-refractivity contribution in [1.29, 1.82) is 0 Å². The van der Waals surface area contributed by atoms with E-state index in [1.165, 1.54) is 5.56 Å². The SMILES string of the molecule is Cc1cccc(NC(N)=NCCCCCC(=O)OC(C)(C)C)c1.I. The molecule has 0 aliphatic carbocycles. The van der Waals surface area contributed by atoms with Gasteiger partial charge in [-0.2, -0.15) is 0 Å². The summed E-state index contributed by atoms with van der Waals surface area (Å²) in [5.41, 5.74) is 7.56. The molecule has 1 aromatic carbocycles. The van der Waals surface area contributed by atoms with Crippen molar-refractivity contribution in [2.24, 2.45) is 10.7 Å². The third-order valence-corrected chi connectivity index (χ3v) is 3.03. The molecule has 24 heavy (non-hydrogen) atoms. The predicted octanol–water partition coefficient (Wildman–Crippen LogP) is 4.24. The van der Waals surface area contributed by atoms with Crippen LogP contribution in [-0.4, -0.2) is 24.1 Å². The number of aryl methyl sites for hydroxylation is 1. The van der Waals surface area contributed by atoms with Gasteiger partial charge in [0.05, 0.1) is 0 Å². The zero-order valence-electron chi connectivity index (χ0n) is 15.1. The van der Waals surface area contributed by atoms with E-state index < -0.39 is 5.60 Å². The molecule has 0 heterocycles. The van der Waals surface area contributed by atoms with Crippen LogP contribution in [0.3, 0.4) is 0 Å². The molecule has 1 rings (SSSR count). The fourth-order valence-corrected chi connectivity index (χ4v) is 2.06. The lowest BCUT2D eigenvalue weighted by Crippen LogP contribution is -2.23. The lowest BCUT2D eigenvalue weighted by atomic mass is 10.1. The number of benzene rings is 1. The Labute approximate surface area is 162 Å². The standard InChI is InChI=1S/C18H29N3O2.HI/c1-14-9-8-10-15(13-14)21-17(19)20-12-7-5-6-11-16(22)23-18(2,3)4;/h8-10,13H,5-7,11-12H2,1-4H3,(H3,19,20,21);1H. The highest BCUT2D eigenvalue weighted by atomic mass is 127. The van der Waals surface area contributed by atoms with Crippen LogP contribution in [0.1, 0.15) is 52.0 Å². The monoisotopic (exact) mass is 447 g/mol. The van der Waals surface area contributed by atoms with Crippen molar-refractivity contribution in [3.63, 3.8) is 0 Å². The number of nitrogens with two attached hydrogens (primary N) is 1. The first kappa shape index (κ1) is 22.7. The third kappa shape index (κ3) is 11.3. The minimum Gasteiger partial charge on any atom is -0.460 e. The first-order valence-electron chi connectivity index (χ1n) is 8.12. The lowest BCUT2D eigenvalue weighted by molar-refractivity contribution is -0.154. The van der Waals surface area contributed by atoms with Crippen LogP contribution < -0.4 is 11.1 Å². The zero-order chi connectivity index (χ0) is 17.3. The van der Waals surface area contributed by atoms with Gasteiger partial charge in [0.2, 0.25) is 0 Å². The van der Waals surface area contributed by atoms with E-state index in [2.05, 4.69) is 10.3 Å². The summed E-state index contributed by atoms with van der Waals surface area (Å²) in [5, 5.41) is 3.07. The second kappa shape index (κ2) is 11.3. The number of hydrogen-bond acceptors (Lipinski definition) is 3. The molecule has 0 aliphatic heterocycles. The summed E-state index contributed by atoms with van der Waals surface area (Å²) in [7, 11) is 0. The van der Waals surface area contributed by atoms with Crippen molar-refractivity contribution in [2.45, 2.75) is 59.0 Å². The Morgan fingerprint density at radius 3 is 2.58 bits per heavy atom. The first-order chi connectivity index (χ1) is 10.8. The molecule has 0 amide bonds. The smallest absolute Gasteiger partial charge is 0.306 e. The molecule has 0 atom stereocenters. The minimum absolute atomic E-state index is 0. The van der Waals surface area contributed by atoms with Gasteiger partial charge in [0.15, 0.2) is 5.96 Å². The summed E-state index contributed by atoms with van der Waals surface area (Å²) in [4.78, 5) is 15.8. The Hall–Kier alpha value is -1.31. The van der Waals surface area contributed by atoms with Crippen molar-refractivity contribution in [3.05, 3.63) is 29.8 Å². The van der Waals surface area contributed by atoms with Crippen molar-refractivity contribution in [2.75, 3.05) is 11.9 Å². The number of nitrogens with zero attached hydrogens (tertiary/aromatic N) is 1. The number of carbonyl (C=O) groups excluding carboxylic acids is 1. The summed E-state index contributed by atoms with van der Waals surface area (Å²) < 4.78 is 5.26. The van der Waals surface area contributed by atoms with E-state index in [1.807, 2.05) is 52.0 Å². The van der Waals surface area contributed by atoms with Crippen LogP contribution in [-0.2, 0) is 9.53 Å². The summed E-state index contributed by atoms with van der Waals surface area (Å²) in [6.45, 7) is 8.32. The molecule has 0 aliphatic rings. The fraction of sp³-hybridized carbons (Fsp3) is 0.556. The second-order valence-electron chi connectivity index (χ2n) is 6.66. The van der Waals surface area contributed by atoms with Gasteiger partial charge in [-0.1, -0.05) is 18.6 Å². The topological polar surface area (TPSA) is 76.7 Å². The van der Waals surface area contributed by atoms with Crippen molar-refractivity contribution in [1.82, 2.24) is 0 Å². The van der Waals surface area contributed by atoms with Crippen molar-refractivity contribution in [3.8, 4) is 0 Å². The van der Waals surface area contributed by atoms with Gasteiger partial charge in [0.1, 0.15) is 5.60 Å². The molecule has 0 saturated heterocycles. The van der Waals surface area contributed by atoms with Crippen molar-refractivity contribution >= 4 is 41.6 Å². The number of unbranched alkanes of at least 4 members (excludes halogenated alkanes) is 2. The van der Waals surface area contributed by atoms with Gasteiger partial charge in [-0.25, -0.2) is 0 Å². The van der Waals surface area contributed by atoms with Crippen LogP contribution in [0.4, 0.5) is 5.69 Å². The Morgan fingerprint density at radius 2 is 1.96 bits per heavy atom. The number of rotatable bonds is 7. The molecular weight excluding hydrogens is 417 g/mol. The average molecular weight is 447 g/mol. The van der Waals surface area contributed by atoms with Gasteiger partial charge in [0, 0.05) is 18.7 Å². The maximum atomic E-state index is 11.6. The van der Waals surface area contributed by atoms with Crippen molar-refractivity contribution < 1.29 is 9.53 Å². The summed E-state index contributed by atoms with van der Waals surface area (Å²) >= 11 is 0. The van der Waals surface area contributed by atoms with Crippen LogP contribution in [0.25, 0.3) is 0 Å². The highest BCUT2D eigenvalue weighted by molar-refractivity contribution is 14.0. The largest absolute Gasteiger partial charge is 0.460 e. The number of carbonyl (C=O) groups is 1. The minimum atomic E-state index is -0.405. The predicted molar refractivity (Wildman–Crippen MR) is 111 cm³/mol. The first-order valence-corrected chi connectivity index (χ1v) is 8.12. The summed E-state index contributed by atoms with van der Waals surface area (Å²) in [5.74, 6) is 0.282. The van der Waals surface area contributed by atoms with Crippen LogP contribution in [0.5, 0.6) is 0 Å². The Balaban J connectivity index is 0.00000529. The van der Waals surface area contributed by atoms with Gasteiger partial charge in [0.25, 0.3) is 0 Å². The van der Waals surface area contributed by atoms with Gasteiger partial charge in [-0.05, 0) is 58.2 Å². The zero-order valence-corrected chi connectivity index (χ0v) is 17.4. The molecule has 6 heteroatoms. The molecular formula is C18H30IN3O2. The van der Waals surface area contributed by atoms with Gasteiger partial charge < -0.3 is 15.8 Å². The molecule has 0 radical (unpaired) electrons. The lowest BCUT2D eigenvalue weighted by Gasteiger charge is -2.19. The molecule has 0 saturated carbocycles. The Bertz CT molecular complexity index is 539. The van der Waals surface area contributed by atoms with E-state index in [0.717, 1.165) is 24.9 Å². The maximum Gasteiger partial charge on any atom is 0.306 e. The molecule has 0 unspecified atom stereocenters. The number of ether oxygens (including phenoxy) is 1. The Kier molecular flexibility index (Phi) is 10.7. The average Bonchev–Trinajstić information content (AvgIpc) is 2.40. The number of anilines is 1.